The number of ether oxygens (including phenoxy) is 2. The van der Waals surface area contributed by atoms with Crippen LogP contribution in [0.25, 0.3) is 0 Å². The molecule has 34 heavy (non-hydrogen) atoms. The Bertz CT molecular complexity index is 1320. The van der Waals surface area contributed by atoms with Gasteiger partial charge in [-0.2, -0.15) is 0 Å². The molecule has 13 heteroatoms. The van der Waals surface area contributed by atoms with Crippen molar-refractivity contribution in [1.82, 2.24) is 4.72 Å². The van der Waals surface area contributed by atoms with Crippen molar-refractivity contribution in [3.8, 4) is 11.5 Å². The minimum Gasteiger partial charge on any atom is -0.495 e. The van der Waals surface area contributed by atoms with Crippen molar-refractivity contribution in [1.29, 1.82) is 0 Å². The van der Waals surface area contributed by atoms with Gasteiger partial charge in [0.05, 0.1) is 35.4 Å². The van der Waals surface area contributed by atoms with Gasteiger partial charge in [0.1, 0.15) is 11.5 Å². The van der Waals surface area contributed by atoms with Crippen LogP contribution >= 0.6 is 0 Å². The second-order valence-corrected chi connectivity index (χ2v) is 11.1. The van der Waals surface area contributed by atoms with E-state index in [1.807, 2.05) is 0 Å². The molecule has 2 aromatic rings. The van der Waals surface area contributed by atoms with Crippen LogP contribution in [0.1, 0.15) is 26.7 Å². The first-order chi connectivity index (χ1) is 15.9. The summed E-state index contributed by atoms with van der Waals surface area (Å²) in [7, 11) is -5.56. The maximum absolute atomic E-state index is 13.2. The Morgan fingerprint density at radius 2 is 1.35 bits per heavy atom. The van der Waals surface area contributed by atoms with Gasteiger partial charge in [-0.25, -0.2) is 26.5 Å². The summed E-state index contributed by atoms with van der Waals surface area (Å²) >= 11 is 0. The number of carbonyl (C=O) groups excluding carboxylic acids is 2. The number of rotatable bonds is 9. The summed E-state index contributed by atoms with van der Waals surface area (Å²) in [6, 6.07) is 7.09. The number of amides is 2. The van der Waals surface area contributed by atoms with E-state index >= 15 is 0 Å². The fraction of sp³-hybridized carbons (Fsp3) is 0.333. The first-order valence-electron chi connectivity index (χ1n) is 10.2. The summed E-state index contributed by atoms with van der Waals surface area (Å²) in [6.45, 7) is 3.31. The molecule has 11 nitrogen and oxygen atoms in total. The minimum absolute atomic E-state index is 0.00213. The summed E-state index contributed by atoms with van der Waals surface area (Å²) < 4.78 is 66.6. The molecule has 1 aliphatic rings. The standard InChI is InChI=1S/C21H25N3O8S2/c1-13(2)22-33(27,28)14-5-7-18(31-3)16(11-14)23-34(29,30)15-6-8-19(32-4)17(12-15)24-20(25)9-10-21(24)26/h5-8,11-13,22-23H,9-10H2,1-4H3. The molecule has 0 aliphatic carbocycles. The first-order valence-corrected chi connectivity index (χ1v) is 13.1. The van der Waals surface area contributed by atoms with Gasteiger partial charge in [0.2, 0.25) is 21.8 Å². The summed E-state index contributed by atoms with van der Waals surface area (Å²) in [6.07, 6.45) is 0.0280. The molecule has 1 heterocycles. The van der Waals surface area contributed by atoms with Gasteiger partial charge in [-0.05, 0) is 50.2 Å². The lowest BCUT2D eigenvalue weighted by Crippen LogP contribution is -2.30. The highest BCUT2D eigenvalue weighted by atomic mass is 32.2. The zero-order valence-corrected chi connectivity index (χ0v) is 20.6. The van der Waals surface area contributed by atoms with Crippen LogP contribution in [-0.2, 0) is 29.6 Å². The van der Waals surface area contributed by atoms with Crippen molar-refractivity contribution in [2.24, 2.45) is 0 Å². The van der Waals surface area contributed by atoms with E-state index < -0.39 is 31.9 Å². The Balaban J connectivity index is 2.04. The van der Waals surface area contributed by atoms with E-state index in [0.29, 0.717) is 0 Å². The third-order valence-electron chi connectivity index (χ3n) is 4.87. The minimum atomic E-state index is -4.29. The number of methoxy groups -OCH3 is 2. The molecule has 3 rings (SSSR count). The number of benzene rings is 2. The van der Waals surface area contributed by atoms with Gasteiger partial charge in [0.15, 0.2) is 0 Å². The van der Waals surface area contributed by atoms with Gasteiger partial charge < -0.3 is 9.47 Å². The fourth-order valence-electron chi connectivity index (χ4n) is 3.37. The Labute approximate surface area is 198 Å². The third-order valence-corrected chi connectivity index (χ3v) is 7.89. The monoisotopic (exact) mass is 511 g/mol. The number of imide groups is 1. The van der Waals surface area contributed by atoms with Crippen molar-refractivity contribution < 1.29 is 35.9 Å². The van der Waals surface area contributed by atoms with Crippen molar-refractivity contribution in [3.05, 3.63) is 36.4 Å². The van der Waals surface area contributed by atoms with Crippen LogP contribution in [0.5, 0.6) is 11.5 Å². The molecule has 1 aliphatic heterocycles. The average molecular weight is 512 g/mol. The van der Waals surface area contributed by atoms with Crippen molar-refractivity contribution in [2.75, 3.05) is 23.8 Å². The van der Waals surface area contributed by atoms with Gasteiger partial charge in [0.25, 0.3) is 10.0 Å². The van der Waals surface area contributed by atoms with Crippen LogP contribution in [0, 0.1) is 0 Å². The molecular formula is C21H25N3O8S2. The maximum Gasteiger partial charge on any atom is 0.262 e. The Morgan fingerprint density at radius 1 is 0.824 bits per heavy atom. The second-order valence-electron chi connectivity index (χ2n) is 7.70. The van der Waals surface area contributed by atoms with Crippen molar-refractivity contribution >= 4 is 43.2 Å². The maximum atomic E-state index is 13.2. The van der Waals surface area contributed by atoms with Gasteiger partial charge in [-0.1, -0.05) is 0 Å². The van der Waals surface area contributed by atoms with Crippen molar-refractivity contribution in [3.63, 3.8) is 0 Å². The molecule has 0 radical (unpaired) electrons. The van der Waals surface area contributed by atoms with Gasteiger partial charge in [0, 0.05) is 18.9 Å². The average Bonchev–Trinajstić information content (AvgIpc) is 3.09. The summed E-state index contributed by atoms with van der Waals surface area (Å²) in [5, 5.41) is 0. The molecule has 0 aromatic heterocycles. The summed E-state index contributed by atoms with van der Waals surface area (Å²) in [5.74, 6) is -0.704. The predicted molar refractivity (Wildman–Crippen MR) is 124 cm³/mol. The Kier molecular flexibility index (Phi) is 7.19. The van der Waals surface area contributed by atoms with E-state index in [4.69, 9.17) is 9.47 Å². The molecule has 1 saturated heterocycles. The molecule has 184 valence electrons. The number of hydrogen-bond acceptors (Lipinski definition) is 8. The predicted octanol–water partition coefficient (Wildman–Crippen LogP) is 1.84. The van der Waals surface area contributed by atoms with Crippen molar-refractivity contribution in [2.45, 2.75) is 42.5 Å². The number of sulfonamides is 2. The lowest BCUT2D eigenvalue weighted by Gasteiger charge is -2.19. The van der Waals surface area contributed by atoms with Gasteiger partial charge >= 0.3 is 0 Å². The molecule has 2 amide bonds. The number of nitrogens with zero attached hydrogens (tertiary/aromatic N) is 1. The molecule has 2 N–H and O–H groups in total. The summed E-state index contributed by atoms with van der Waals surface area (Å²) in [4.78, 5) is 24.9. The molecular weight excluding hydrogens is 486 g/mol. The highest BCUT2D eigenvalue weighted by Crippen LogP contribution is 2.36. The third kappa shape index (κ3) is 5.16. The number of carbonyl (C=O) groups is 2. The van der Waals surface area contributed by atoms with E-state index in [-0.39, 0.29) is 51.5 Å². The molecule has 1 fully saturated rings. The van der Waals surface area contributed by atoms with Gasteiger partial charge in [-0.3, -0.25) is 14.3 Å². The largest absolute Gasteiger partial charge is 0.495 e. The molecule has 2 aromatic carbocycles. The highest BCUT2D eigenvalue weighted by molar-refractivity contribution is 7.92. The van der Waals surface area contributed by atoms with E-state index in [2.05, 4.69) is 9.44 Å². The van der Waals surface area contributed by atoms with Crippen LogP contribution in [-0.4, -0.2) is 48.9 Å². The van der Waals surface area contributed by atoms with E-state index in [9.17, 15) is 26.4 Å². The zero-order chi connectivity index (χ0) is 25.3. The van der Waals surface area contributed by atoms with Crippen LogP contribution in [0.4, 0.5) is 11.4 Å². The Morgan fingerprint density at radius 3 is 1.88 bits per heavy atom. The number of anilines is 2. The molecule has 0 unspecified atom stereocenters. The second kappa shape index (κ2) is 9.60. The van der Waals surface area contributed by atoms with E-state index in [1.165, 1.54) is 38.5 Å². The topological polar surface area (TPSA) is 148 Å². The van der Waals surface area contributed by atoms with Crippen LogP contribution in [0.2, 0.25) is 0 Å². The molecule has 0 saturated carbocycles. The summed E-state index contributed by atoms with van der Waals surface area (Å²) in [5.41, 5.74) is -0.109. The van der Waals surface area contributed by atoms with Gasteiger partial charge in [-0.15, -0.1) is 0 Å². The lowest BCUT2D eigenvalue weighted by atomic mass is 10.2. The van der Waals surface area contributed by atoms with Crippen LogP contribution in [0.15, 0.2) is 46.2 Å². The SMILES string of the molecule is COc1ccc(S(=O)(=O)NC(C)C)cc1NS(=O)(=O)c1ccc(OC)c(N2C(=O)CCC2=O)c1. The smallest absolute Gasteiger partial charge is 0.262 e. The number of hydrogen-bond donors (Lipinski definition) is 2. The van der Waals surface area contributed by atoms with E-state index in [0.717, 1.165) is 17.0 Å². The fourth-order valence-corrected chi connectivity index (χ4v) is 5.73. The highest BCUT2D eigenvalue weighted by Gasteiger charge is 2.33. The lowest BCUT2D eigenvalue weighted by molar-refractivity contribution is -0.121. The van der Waals surface area contributed by atoms with E-state index in [1.54, 1.807) is 13.8 Å². The molecule has 0 atom stereocenters. The number of nitrogens with one attached hydrogen (secondary N) is 2. The molecule has 0 spiro atoms. The van der Waals surface area contributed by atoms with Crippen LogP contribution < -0.4 is 23.8 Å². The quantitative estimate of drug-likeness (QED) is 0.485. The zero-order valence-electron chi connectivity index (χ0n) is 19.0. The normalized spacial score (nSPS) is 14.6. The van der Waals surface area contributed by atoms with Crippen LogP contribution in [0.3, 0.4) is 0 Å². The Hall–Kier alpha value is -3.16. The first kappa shape index (κ1) is 25.5. The molecule has 0 bridgehead atoms.